The van der Waals surface area contributed by atoms with E-state index in [9.17, 15) is 4.79 Å². The van der Waals surface area contributed by atoms with E-state index < -0.39 is 0 Å². The minimum absolute atomic E-state index is 0.0368. The average molecular weight is 300 g/mol. The molecule has 0 fully saturated rings. The molecule has 0 saturated carbocycles. The minimum atomic E-state index is -0.102. The normalized spacial score (nSPS) is 17.8. The third-order valence-corrected chi connectivity index (χ3v) is 3.75. The summed E-state index contributed by atoms with van der Waals surface area (Å²) in [6.07, 6.45) is 1.77. The molecule has 2 aromatic rings. The van der Waals surface area contributed by atoms with Crippen molar-refractivity contribution in [2.75, 3.05) is 16.8 Å². The Hall–Kier alpha value is -2.37. The molecule has 2 heterocycles. The number of anilines is 2. The Morgan fingerprint density at radius 2 is 2.23 bits per heavy atom. The Kier molecular flexibility index (Phi) is 4.09. The Labute approximate surface area is 129 Å². The first-order chi connectivity index (χ1) is 10.7. The molecular formula is C16H20N4O2. The second-order valence-corrected chi connectivity index (χ2v) is 5.64. The van der Waals surface area contributed by atoms with E-state index in [-0.39, 0.29) is 11.8 Å². The zero-order valence-corrected chi connectivity index (χ0v) is 12.9. The number of benzene rings is 1. The molecule has 22 heavy (non-hydrogen) atoms. The summed E-state index contributed by atoms with van der Waals surface area (Å²) in [5.74, 6) is 1.26. The van der Waals surface area contributed by atoms with Gasteiger partial charge in [-0.3, -0.25) is 4.79 Å². The standard InChI is InChI=1S/C16H20N4O2/c1-3-6-15-18-14(19-22-15)10-20-9-11(2)16(21)17-12-7-4-5-8-13(12)20/h4-5,7-8,11H,3,6,9-10H2,1-2H3,(H,17,21). The van der Waals surface area contributed by atoms with E-state index in [2.05, 4.69) is 27.3 Å². The van der Waals surface area contributed by atoms with Gasteiger partial charge in [-0.2, -0.15) is 4.98 Å². The van der Waals surface area contributed by atoms with Crippen LogP contribution in [0.5, 0.6) is 0 Å². The highest BCUT2D eigenvalue weighted by molar-refractivity contribution is 5.97. The van der Waals surface area contributed by atoms with Crippen LogP contribution in [0.1, 0.15) is 32.0 Å². The molecule has 116 valence electrons. The number of hydrogen-bond acceptors (Lipinski definition) is 5. The maximum Gasteiger partial charge on any atom is 0.229 e. The van der Waals surface area contributed by atoms with Crippen molar-refractivity contribution in [1.29, 1.82) is 0 Å². The Bertz CT molecular complexity index is 668. The number of amides is 1. The second-order valence-electron chi connectivity index (χ2n) is 5.64. The fourth-order valence-electron chi connectivity index (χ4n) is 2.61. The molecule has 6 heteroatoms. The number of aryl methyl sites for hydroxylation is 1. The minimum Gasteiger partial charge on any atom is -0.361 e. The van der Waals surface area contributed by atoms with Gasteiger partial charge in [0, 0.05) is 13.0 Å². The summed E-state index contributed by atoms with van der Waals surface area (Å²) in [6, 6.07) is 7.80. The molecule has 1 atom stereocenters. The van der Waals surface area contributed by atoms with Gasteiger partial charge in [0.25, 0.3) is 0 Å². The zero-order chi connectivity index (χ0) is 15.5. The molecule has 1 aromatic heterocycles. The van der Waals surface area contributed by atoms with Crippen molar-refractivity contribution < 1.29 is 9.32 Å². The number of aromatic nitrogens is 2. The van der Waals surface area contributed by atoms with Crippen molar-refractivity contribution in [1.82, 2.24) is 10.1 Å². The van der Waals surface area contributed by atoms with E-state index in [4.69, 9.17) is 4.52 Å². The molecule has 0 bridgehead atoms. The van der Waals surface area contributed by atoms with Crippen LogP contribution < -0.4 is 10.2 Å². The van der Waals surface area contributed by atoms with Crippen LogP contribution >= 0.6 is 0 Å². The molecule has 1 aromatic carbocycles. The third-order valence-electron chi connectivity index (χ3n) is 3.75. The predicted octanol–water partition coefficient (Wildman–Crippen LogP) is 2.62. The van der Waals surface area contributed by atoms with Gasteiger partial charge in [0.2, 0.25) is 11.8 Å². The SMILES string of the molecule is CCCc1nc(CN2CC(C)C(=O)Nc3ccccc32)no1. The van der Waals surface area contributed by atoms with Gasteiger partial charge in [-0.05, 0) is 18.6 Å². The Balaban J connectivity index is 1.86. The smallest absolute Gasteiger partial charge is 0.229 e. The van der Waals surface area contributed by atoms with Crippen LogP contribution in [-0.2, 0) is 17.8 Å². The highest BCUT2D eigenvalue weighted by atomic mass is 16.5. The number of carbonyl (C=O) groups is 1. The molecule has 6 nitrogen and oxygen atoms in total. The predicted molar refractivity (Wildman–Crippen MR) is 83.6 cm³/mol. The van der Waals surface area contributed by atoms with E-state index >= 15 is 0 Å². The van der Waals surface area contributed by atoms with Crippen molar-refractivity contribution in [3.05, 3.63) is 36.0 Å². The quantitative estimate of drug-likeness (QED) is 0.939. The maximum atomic E-state index is 12.1. The van der Waals surface area contributed by atoms with Crippen molar-refractivity contribution >= 4 is 17.3 Å². The summed E-state index contributed by atoms with van der Waals surface area (Å²) in [6.45, 7) is 5.16. The lowest BCUT2D eigenvalue weighted by atomic mass is 10.1. The molecule has 0 spiro atoms. The molecule has 0 saturated heterocycles. The highest BCUT2D eigenvalue weighted by Crippen LogP contribution is 2.30. The molecule has 0 aliphatic carbocycles. The summed E-state index contributed by atoms with van der Waals surface area (Å²) >= 11 is 0. The lowest BCUT2D eigenvalue weighted by molar-refractivity contribution is -0.119. The Morgan fingerprint density at radius 1 is 1.41 bits per heavy atom. The monoisotopic (exact) mass is 300 g/mol. The van der Waals surface area contributed by atoms with Crippen LogP contribution in [0, 0.1) is 5.92 Å². The van der Waals surface area contributed by atoms with Crippen LogP contribution in [0.15, 0.2) is 28.8 Å². The highest BCUT2D eigenvalue weighted by Gasteiger charge is 2.25. The van der Waals surface area contributed by atoms with E-state index in [0.717, 1.165) is 24.2 Å². The first kappa shape index (κ1) is 14.6. The fraction of sp³-hybridized carbons (Fsp3) is 0.438. The zero-order valence-electron chi connectivity index (χ0n) is 12.9. The fourth-order valence-corrected chi connectivity index (χ4v) is 2.61. The van der Waals surface area contributed by atoms with Crippen LogP contribution in [-0.4, -0.2) is 22.6 Å². The summed E-state index contributed by atoms with van der Waals surface area (Å²) in [5, 5.41) is 7.01. The average Bonchev–Trinajstić information content (AvgIpc) is 2.90. The lowest BCUT2D eigenvalue weighted by Gasteiger charge is -2.23. The van der Waals surface area contributed by atoms with Crippen LogP contribution in [0.3, 0.4) is 0 Å². The van der Waals surface area contributed by atoms with Crippen molar-refractivity contribution in [2.45, 2.75) is 33.2 Å². The van der Waals surface area contributed by atoms with Gasteiger partial charge in [-0.25, -0.2) is 0 Å². The van der Waals surface area contributed by atoms with Gasteiger partial charge >= 0.3 is 0 Å². The second kappa shape index (κ2) is 6.17. The van der Waals surface area contributed by atoms with E-state index in [1.165, 1.54) is 0 Å². The number of rotatable bonds is 4. The number of para-hydroxylation sites is 2. The molecule has 1 amide bonds. The van der Waals surface area contributed by atoms with Gasteiger partial charge in [-0.1, -0.05) is 31.1 Å². The first-order valence-electron chi connectivity index (χ1n) is 7.63. The third kappa shape index (κ3) is 2.95. The maximum absolute atomic E-state index is 12.1. The van der Waals surface area contributed by atoms with Crippen molar-refractivity contribution in [3.63, 3.8) is 0 Å². The lowest BCUT2D eigenvalue weighted by Crippen LogP contribution is -2.30. The van der Waals surface area contributed by atoms with Crippen molar-refractivity contribution in [2.24, 2.45) is 5.92 Å². The van der Waals surface area contributed by atoms with E-state index in [1.54, 1.807) is 0 Å². The van der Waals surface area contributed by atoms with Gasteiger partial charge in [0.15, 0.2) is 5.82 Å². The number of carbonyl (C=O) groups excluding carboxylic acids is 1. The Morgan fingerprint density at radius 3 is 3.05 bits per heavy atom. The van der Waals surface area contributed by atoms with Gasteiger partial charge in [-0.15, -0.1) is 0 Å². The molecule has 1 unspecified atom stereocenters. The number of nitrogens with one attached hydrogen (secondary N) is 1. The summed E-state index contributed by atoms with van der Waals surface area (Å²) < 4.78 is 5.24. The van der Waals surface area contributed by atoms with Gasteiger partial charge in [0.05, 0.1) is 23.8 Å². The van der Waals surface area contributed by atoms with Gasteiger partial charge in [0.1, 0.15) is 0 Å². The molecule has 3 rings (SSSR count). The summed E-state index contributed by atoms with van der Waals surface area (Å²) in [4.78, 5) is 18.6. The number of nitrogens with zero attached hydrogens (tertiary/aromatic N) is 3. The van der Waals surface area contributed by atoms with Crippen LogP contribution in [0.2, 0.25) is 0 Å². The number of fused-ring (bicyclic) bond motifs is 1. The summed E-state index contributed by atoms with van der Waals surface area (Å²) in [7, 11) is 0. The molecule has 1 N–H and O–H groups in total. The van der Waals surface area contributed by atoms with Crippen LogP contribution in [0.25, 0.3) is 0 Å². The topological polar surface area (TPSA) is 71.3 Å². The molecular weight excluding hydrogens is 280 g/mol. The van der Waals surface area contributed by atoms with E-state index in [0.29, 0.717) is 24.8 Å². The largest absolute Gasteiger partial charge is 0.361 e. The molecule has 1 aliphatic rings. The number of hydrogen-bond donors (Lipinski definition) is 1. The van der Waals surface area contributed by atoms with Gasteiger partial charge < -0.3 is 14.7 Å². The van der Waals surface area contributed by atoms with E-state index in [1.807, 2.05) is 31.2 Å². The van der Waals surface area contributed by atoms with Crippen molar-refractivity contribution in [3.8, 4) is 0 Å². The van der Waals surface area contributed by atoms with Crippen LogP contribution in [0.4, 0.5) is 11.4 Å². The summed E-state index contributed by atoms with van der Waals surface area (Å²) in [5.41, 5.74) is 1.82. The molecule has 1 aliphatic heterocycles. The molecule has 0 radical (unpaired) electrons. The first-order valence-corrected chi connectivity index (χ1v) is 7.63.